The molecular formula is C24H25N3O4S2. The number of thioether (sulfide) groups is 2. The third-order valence-electron chi connectivity index (χ3n) is 5.28. The Morgan fingerprint density at radius 3 is 2.33 bits per heavy atom. The number of benzene rings is 2. The van der Waals surface area contributed by atoms with Gasteiger partial charge in [-0.05, 0) is 50.2 Å². The van der Waals surface area contributed by atoms with Crippen molar-refractivity contribution in [2.24, 2.45) is 5.10 Å². The number of nitrogens with zero attached hydrogens (tertiary/aromatic N) is 3. The van der Waals surface area contributed by atoms with Crippen molar-refractivity contribution < 1.29 is 19.1 Å². The zero-order chi connectivity index (χ0) is 23.6. The van der Waals surface area contributed by atoms with E-state index in [9.17, 15) is 9.59 Å². The quantitative estimate of drug-likeness (QED) is 0.548. The van der Waals surface area contributed by atoms with E-state index in [1.807, 2.05) is 68.4 Å². The highest BCUT2D eigenvalue weighted by atomic mass is 32.2. The van der Waals surface area contributed by atoms with E-state index in [4.69, 9.17) is 9.47 Å². The highest BCUT2D eigenvalue weighted by Gasteiger charge is 2.57. The van der Waals surface area contributed by atoms with E-state index < -0.39 is 10.3 Å². The third-order valence-corrected chi connectivity index (χ3v) is 8.21. The summed E-state index contributed by atoms with van der Waals surface area (Å²) in [6.07, 6.45) is 0. The summed E-state index contributed by atoms with van der Waals surface area (Å²) in [6.45, 7) is 6.49. The van der Waals surface area contributed by atoms with Gasteiger partial charge in [-0.1, -0.05) is 59.8 Å². The highest BCUT2D eigenvalue weighted by Crippen LogP contribution is 2.59. The zero-order valence-electron chi connectivity index (χ0n) is 18.9. The molecule has 0 fully saturated rings. The van der Waals surface area contributed by atoms with Gasteiger partial charge in [-0.2, -0.15) is 5.10 Å². The summed E-state index contributed by atoms with van der Waals surface area (Å²) in [4.78, 5) is 28.0. The van der Waals surface area contributed by atoms with Gasteiger partial charge in [0.25, 0.3) is 0 Å². The Labute approximate surface area is 201 Å². The molecule has 9 heteroatoms. The molecule has 0 unspecified atom stereocenters. The third kappa shape index (κ3) is 4.35. The molecule has 2 aromatic carbocycles. The number of hydrogen-bond donors (Lipinski definition) is 0. The molecule has 2 aliphatic rings. The number of anilines is 1. The average Bonchev–Trinajstić information content (AvgIpc) is 3.34. The molecule has 2 heterocycles. The number of rotatable bonds is 6. The van der Waals surface area contributed by atoms with Crippen LogP contribution in [0.25, 0.3) is 0 Å². The molecule has 172 valence electrons. The first kappa shape index (κ1) is 23.3. The molecule has 1 spiro atoms. The number of hydrazone groups is 1. The summed E-state index contributed by atoms with van der Waals surface area (Å²) in [6, 6.07) is 17.9. The smallest absolute Gasteiger partial charge is 0.365 e. The molecule has 0 N–H and O–H groups in total. The van der Waals surface area contributed by atoms with Crippen molar-refractivity contribution >= 4 is 46.2 Å². The lowest BCUT2D eigenvalue weighted by atomic mass is 10.2. The number of methoxy groups -OCH3 is 1. The fraction of sp³-hybridized carbons (Fsp3) is 0.292. The standard InChI is InChI=1S/C24H25N3O4S2/c1-5-31-22(28)20-17(3)26(15-18-9-7-6-8-10-18)24(32-20)27(19-13-11-16(2)12-14-19)25-21(33-24)23(29)30-4/h6-14H,5,15H2,1-4H3/t24-/m1/s1. The first-order valence-electron chi connectivity index (χ1n) is 10.5. The van der Waals surface area contributed by atoms with E-state index in [-0.39, 0.29) is 17.6 Å². The zero-order valence-corrected chi connectivity index (χ0v) is 20.5. The summed E-state index contributed by atoms with van der Waals surface area (Å²) in [5.41, 5.74) is 3.75. The van der Waals surface area contributed by atoms with Gasteiger partial charge in [0.2, 0.25) is 9.37 Å². The Balaban J connectivity index is 1.83. The van der Waals surface area contributed by atoms with Crippen molar-refractivity contribution in [2.75, 3.05) is 18.7 Å². The Kier molecular flexibility index (Phi) is 6.71. The topological polar surface area (TPSA) is 71.4 Å². The average molecular weight is 484 g/mol. The van der Waals surface area contributed by atoms with Gasteiger partial charge in [0.05, 0.1) is 19.4 Å². The summed E-state index contributed by atoms with van der Waals surface area (Å²) < 4.78 is 9.40. The molecule has 1 atom stereocenters. The number of allylic oxidation sites excluding steroid dienone is 1. The number of carbonyl (C=O) groups excluding carboxylic acids is 2. The second kappa shape index (κ2) is 9.52. The van der Waals surface area contributed by atoms with Crippen LogP contribution in [0.2, 0.25) is 0 Å². The predicted octanol–water partition coefficient (Wildman–Crippen LogP) is 4.69. The summed E-state index contributed by atoms with van der Waals surface area (Å²) in [5, 5.41) is 6.68. The van der Waals surface area contributed by atoms with Crippen molar-refractivity contribution in [3.63, 3.8) is 0 Å². The molecule has 0 radical (unpaired) electrons. The van der Waals surface area contributed by atoms with Gasteiger partial charge in [-0.15, -0.1) is 0 Å². The van der Waals surface area contributed by atoms with E-state index >= 15 is 0 Å². The molecule has 0 saturated carbocycles. The molecule has 0 bridgehead atoms. The minimum atomic E-state index is -0.930. The van der Waals surface area contributed by atoms with Crippen LogP contribution in [-0.2, 0) is 25.6 Å². The molecule has 0 aromatic heterocycles. The molecular weight excluding hydrogens is 458 g/mol. The van der Waals surface area contributed by atoms with Crippen molar-refractivity contribution in [1.82, 2.24) is 4.90 Å². The lowest BCUT2D eigenvalue weighted by Crippen LogP contribution is -2.48. The van der Waals surface area contributed by atoms with Crippen molar-refractivity contribution in [1.29, 1.82) is 0 Å². The van der Waals surface area contributed by atoms with Crippen LogP contribution in [0.3, 0.4) is 0 Å². The number of aryl methyl sites for hydroxylation is 1. The van der Waals surface area contributed by atoms with Crippen LogP contribution in [0.5, 0.6) is 0 Å². The number of carbonyl (C=O) groups is 2. The van der Waals surface area contributed by atoms with Gasteiger partial charge in [-0.25, -0.2) is 14.6 Å². The second-order valence-electron chi connectivity index (χ2n) is 7.50. The summed E-state index contributed by atoms with van der Waals surface area (Å²) >= 11 is 2.61. The van der Waals surface area contributed by atoms with Gasteiger partial charge in [0.1, 0.15) is 4.91 Å². The van der Waals surface area contributed by atoms with Gasteiger partial charge >= 0.3 is 11.9 Å². The normalized spacial score (nSPS) is 19.8. The minimum absolute atomic E-state index is 0.224. The molecule has 0 amide bonds. The Morgan fingerprint density at radius 2 is 1.70 bits per heavy atom. The second-order valence-corrected chi connectivity index (χ2v) is 10.1. The van der Waals surface area contributed by atoms with Gasteiger partial charge < -0.3 is 14.4 Å². The van der Waals surface area contributed by atoms with E-state index in [1.165, 1.54) is 30.6 Å². The van der Waals surface area contributed by atoms with Crippen molar-refractivity contribution in [3.8, 4) is 0 Å². The SMILES string of the molecule is CCOC(=O)C1=C(C)N(Cc2ccccc2)[C@]2(SC(C(=O)OC)=NN2c2ccc(C)cc2)S1. The molecule has 0 aliphatic carbocycles. The van der Waals surface area contributed by atoms with Crippen LogP contribution in [0.1, 0.15) is 25.0 Å². The molecule has 0 saturated heterocycles. The molecule has 2 aromatic rings. The summed E-state index contributed by atoms with van der Waals surface area (Å²) in [7, 11) is 1.34. The fourth-order valence-electron chi connectivity index (χ4n) is 3.62. The first-order valence-corrected chi connectivity index (χ1v) is 12.1. The van der Waals surface area contributed by atoms with Crippen molar-refractivity contribution in [2.45, 2.75) is 31.6 Å². The van der Waals surface area contributed by atoms with E-state index in [0.717, 1.165) is 22.5 Å². The Bertz CT molecular complexity index is 1120. The molecule has 33 heavy (non-hydrogen) atoms. The van der Waals surface area contributed by atoms with Crippen LogP contribution in [0.4, 0.5) is 5.69 Å². The Hall–Kier alpha value is -2.91. The first-order chi connectivity index (χ1) is 15.9. The van der Waals surface area contributed by atoms with E-state index in [0.29, 0.717) is 11.4 Å². The van der Waals surface area contributed by atoms with Gasteiger partial charge in [0, 0.05) is 12.2 Å². The maximum atomic E-state index is 12.9. The fourth-order valence-corrected chi connectivity index (χ4v) is 6.57. The van der Waals surface area contributed by atoms with Gasteiger partial charge in [0.15, 0.2) is 0 Å². The van der Waals surface area contributed by atoms with Crippen LogP contribution < -0.4 is 5.01 Å². The number of ether oxygens (including phenoxy) is 2. The van der Waals surface area contributed by atoms with Crippen LogP contribution in [0.15, 0.2) is 70.3 Å². The van der Waals surface area contributed by atoms with Gasteiger partial charge in [-0.3, -0.25) is 0 Å². The summed E-state index contributed by atoms with van der Waals surface area (Å²) in [5.74, 6) is -0.901. The largest absolute Gasteiger partial charge is 0.464 e. The lowest BCUT2D eigenvalue weighted by Gasteiger charge is -2.41. The minimum Gasteiger partial charge on any atom is -0.464 e. The highest BCUT2D eigenvalue weighted by molar-refractivity contribution is 8.28. The van der Waals surface area contributed by atoms with Crippen LogP contribution >= 0.6 is 23.5 Å². The maximum Gasteiger partial charge on any atom is 0.365 e. The molecule has 7 nitrogen and oxygen atoms in total. The molecule has 2 aliphatic heterocycles. The monoisotopic (exact) mass is 483 g/mol. The predicted molar refractivity (Wildman–Crippen MR) is 132 cm³/mol. The van der Waals surface area contributed by atoms with Crippen LogP contribution in [-0.4, -0.2) is 39.9 Å². The lowest BCUT2D eigenvalue weighted by molar-refractivity contribution is -0.137. The van der Waals surface area contributed by atoms with Crippen LogP contribution in [0, 0.1) is 6.92 Å². The van der Waals surface area contributed by atoms with Crippen molar-refractivity contribution in [3.05, 3.63) is 76.3 Å². The maximum absolute atomic E-state index is 12.9. The van der Waals surface area contributed by atoms with E-state index in [2.05, 4.69) is 10.0 Å². The number of hydrogen-bond acceptors (Lipinski definition) is 9. The Morgan fingerprint density at radius 1 is 1.00 bits per heavy atom. The van der Waals surface area contributed by atoms with E-state index in [1.54, 1.807) is 11.9 Å². The number of esters is 2. The molecule has 4 rings (SSSR count).